The fourth-order valence-electron chi connectivity index (χ4n) is 4.51. The molecule has 0 aliphatic carbocycles. The monoisotopic (exact) mass is 548 g/mol. The Morgan fingerprint density at radius 2 is 2.08 bits per heavy atom. The standard InChI is InChI=1S/C30H34ClFN6O/c1-5-8-23(12-28(34-7-3)38-16-30(17-38)18-39-19-30)36-27-13-26(22(15-35-27)9-20(4)6-2)37-29-24(31)10-21(14-33)11-25(29)32/h7-13,15H,5-6,16-19H2,1-4H3,(H2,35,36,37)/b20-9?,23-8-,28-12+,34-7-. The van der Waals surface area contributed by atoms with Crippen LogP contribution in [0.5, 0.6) is 0 Å². The van der Waals surface area contributed by atoms with Gasteiger partial charge in [-0.3, -0.25) is 0 Å². The van der Waals surface area contributed by atoms with E-state index in [4.69, 9.17) is 21.6 Å². The number of halogens is 2. The van der Waals surface area contributed by atoms with Crippen molar-refractivity contribution in [1.82, 2.24) is 9.88 Å². The number of benzene rings is 1. The Morgan fingerprint density at radius 1 is 1.31 bits per heavy atom. The van der Waals surface area contributed by atoms with Crippen molar-refractivity contribution in [3.8, 4) is 6.07 Å². The second kappa shape index (κ2) is 12.5. The Morgan fingerprint density at radius 3 is 2.67 bits per heavy atom. The van der Waals surface area contributed by atoms with E-state index in [2.05, 4.69) is 45.4 Å². The summed E-state index contributed by atoms with van der Waals surface area (Å²) in [5.41, 5.74) is 3.96. The lowest BCUT2D eigenvalue weighted by Gasteiger charge is -2.55. The van der Waals surface area contributed by atoms with Crippen LogP contribution >= 0.6 is 11.6 Å². The van der Waals surface area contributed by atoms with E-state index in [0.717, 1.165) is 61.8 Å². The molecule has 0 unspecified atom stereocenters. The summed E-state index contributed by atoms with van der Waals surface area (Å²) in [6, 6.07) is 6.36. The summed E-state index contributed by atoms with van der Waals surface area (Å²) in [5.74, 6) is 0.857. The van der Waals surface area contributed by atoms with Crippen LogP contribution in [0.3, 0.4) is 0 Å². The largest absolute Gasteiger partial charge is 0.380 e. The molecule has 0 saturated carbocycles. The Balaban J connectivity index is 1.65. The van der Waals surface area contributed by atoms with Crippen molar-refractivity contribution in [1.29, 1.82) is 5.26 Å². The molecule has 0 atom stereocenters. The molecule has 4 rings (SSSR count). The number of hydrogen-bond donors (Lipinski definition) is 2. The first-order chi connectivity index (χ1) is 18.8. The van der Waals surface area contributed by atoms with E-state index in [1.54, 1.807) is 12.4 Å². The maximum Gasteiger partial charge on any atom is 0.149 e. The van der Waals surface area contributed by atoms with Crippen molar-refractivity contribution >= 4 is 41.1 Å². The Kier molecular flexibility index (Phi) is 9.05. The second-order valence-corrected chi connectivity index (χ2v) is 10.4. The zero-order valence-electron chi connectivity index (χ0n) is 22.8. The highest BCUT2D eigenvalue weighted by molar-refractivity contribution is 6.33. The lowest BCUT2D eigenvalue weighted by Crippen LogP contribution is -2.65. The van der Waals surface area contributed by atoms with Crippen LogP contribution < -0.4 is 10.6 Å². The molecule has 2 aromatic rings. The number of likely N-dealkylation sites (tertiary alicyclic amines) is 1. The maximum absolute atomic E-state index is 14.9. The average molecular weight is 549 g/mol. The van der Waals surface area contributed by atoms with E-state index in [9.17, 15) is 4.39 Å². The molecule has 1 aromatic carbocycles. The number of allylic oxidation sites excluding steroid dienone is 3. The molecule has 2 N–H and O–H groups in total. The number of hydrogen-bond acceptors (Lipinski definition) is 7. The van der Waals surface area contributed by atoms with Crippen LogP contribution in [0.15, 0.2) is 58.6 Å². The summed E-state index contributed by atoms with van der Waals surface area (Å²) < 4.78 is 20.3. The van der Waals surface area contributed by atoms with Crippen molar-refractivity contribution in [2.24, 2.45) is 10.4 Å². The number of aliphatic imine (C=N–C) groups is 1. The molecular formula is C30H34ClFN6O. The first-order valence-electron chi connectivity index (χ1n) is 13.1. The van der Waals surface area contributed by atoms with Gasteiger partial charge in [-0.1, -0.05) is 43.2 Å². The van der Waals surface area contributed by atoms with Crippen LogP contribution in [0, 0.1) is 22.6 Å². The molecule has 2 aliphatic rings. The second-order valence-electron chi connectivity index (χ2n) is 9.98. The highest BCUT2D eigenvalue weighted by Crippen LogP contribution is 2.40. The van der Waals surface area contributed by atoms with E-state index < -0.39 is 5.82 Å². The number of ether oxygens (including phenoxy) is 1. The zero-order chi connectivity index (χ0) is 28.0. The lowest BCUT2D eigenvalue weighted by atomic mass is 9.78. The van der Waals surface area contributed by atoms with Gasteiger partial charge in [-0.05, 0) is 38.8 Å². The van der Waals surface area contributed by atoms with Gasteiger partial charge in [0.25, 0.3) is 0 Å². The topological polar surface area (TPSA) is 85.6 Å². The van der Waals surface area contributed by atoms with Crippen LogP contribution in [-0.4, -0.2) is 42.4 Å². The van der Waals surface area contributed by atoms with E-state index in [1.165, 1.54) is 12.1 Å². The van der Waals surface area contributed by atoms with Gasteiger partial charge in [-0.15, -0.1) is 0 Å². The summed E-state index contributed by atoms with van der Waals surface area (Å²) in [5, 5.41) is 15.8. The third-order valence-electron chi connectivity index (χ3n) is 6.76. The van der Waals surface area contributed by atoms with E-state index in [0.29, 0.717) is 11.5 Å². The van der Waals surface area contributed by atoms with Gasteiger partial charge in [0.1, 0.15) is 17.5 Å². The number of nitriles is 1. The molecule has 39 heavy (non-hydrogen) atoms. The predicted molar refractivity (Wildman–Crippen MR) is 157 cm³/mol. The van der Waals surface area contributed by atoms with Crippen LogP contribution in [0.1, 0.15) is 51.7 Å². The summed E-state index contributed by atoms with van der Waals surface area (Å²) in [4.78, 5) is 11.5. The van der Waals surface area contributed by atoms with Crippen LogP contribution in [0.2, 0.25) is 5.02 Å². The third-order valence-corrected chi connectivity index (χ3v) is 7.06. The smallest absolute Gasteiger partial charge is 0.149 e. The minimum atomic E-state index is -0.603. The van der Waals surface area contributed by atoms with Gasteiger partial charge in [0.05, 0.1) is 46.7 Å². The molecular weight excluding hydrogens is 515 g/mol. The number of pyridine rings is 1. The van der Waals surface area contributed by atoms with E-state index in [1.807, 2.05) is 38.1 Å². The van der Waals surface area contributed by atoms with Gasteiger partial charge in [0.15, 0.2) is 0 Å². The van der Waals surface area contributed by atoms with Crippen molar-refractivity contribution in [3.05, 3.63) is 75.6 Å². The molecule has 2 aliphatic heterocycles. The highest BCUT2D eigenvalue weighted by Gasteiger charge is 2.49. The van der Waals surface area contributed by atoms with Crippen molar-refractivity contribution in [2.75, 3.05) is 36.9 Å². The van der Waals surface area contributed by atoms with Crippen molar-refractivity contribution in [3.63, 3.8) is 0 Å². The normalized spacial score (nSPS) is 17.2. The van der Waals surface area contributed by atoms with E-state index in [-0.39, 0.29) is 21.7 Å². The van der Waals surface area contributed by atoms with Gasteiger partial charge >= 0.3 is 0 Å². The Bertz CT molecular complexity index is 1360. The summed E-state index contributed by atoms with van der Waals surface area (Å²) >= 11 is 6.34. The first-order valence-corrected chi connectivity index (χ1v) is 13.5. The molecule has 1 spiro atoms. The molecule has 3 heterocycles. The molecule has 0 bridgehead atoms. The number of anilines is 3. The Labute approximate surface area is 234 Å². The minimum absolute atomic E-state index is 0.104. The summed E-state index contributed by atoms with van der Waals surface area (Å²) in [6.07, 6.45) is 11.3. The van der Waals surface area contributed by atoms with Crippen LogP contribution in [0.4, 0.5) is 21.6 Å². The highest BCUT2D eigenvalue weighted by atomic mass is 35.5. The quantitative estimate of drug-likeness (QED) is 0.240. The maximum atomic E-state index is 14.9. The van der Waals surface area contributed by atoms with Crippen molar-refractivity contribution in [2.45, 2.75) is 40.5 Å². The van der Waals surface area contributed by atoms with Gasteiger partial charge in [0, 0.05) is 48.9 Å². The summed E-state index contributed by atoms with van der Waals surface area (Å²) in [6.45, 7) is 11.6. The molecule has 2 fully saturated rings. The molecule has 2 saturated heterocycles. The minimum Gasteiger partial charge on any atom is -0.380 e. The van der Waals surface area contributed by atoms with Gasteiger partial charge in [-0.25, -0.2) is 14.4 Å². The molecule has 204 valence electrons. The number of rotatable bonds is 10. The predicted octanol–water partition coefficient (Wildman–Crippen LogP) is 7.27. The molecule has 0 radical (unpaired) electrons. The molecule has 1 aromatic heterocycles. The first kappa shape index (κ1) is 28.3. The molecule has 9 heteroatoms. The van der Waals surface area contributed by atoms with Crippen molar-refractivity contribution < 1.29 is 9.13 Å². The number of nitrogens with zero attached hydrogens (tertiary/aromatic N) is 4. The molecule has 0 amide bonds. The van der Waals surface area contributed by atoms with Crippen LogP contribution in [0.25, 0.3) is 6.08 Å². The van der Waals surface area contributed by atoms with Gasteiger partial charge in [-0.2, -0.15) is 5.26 Å². The zero-order valence-corrected chi connectivity index (χ0v) is 23.6. The Hall–Kier alpha value is -3.67. The average Bonchev–Trinajstić information content (AvgIpc) is 2.85. The fourth-order valence-corrected chi connectivity index (χ4v) is 4.77. The van der Waals surface area contributed by atoms with Crippen LogP contribution in [-0.2, 0) is 4.74 Å². The third kappa shape index (κ3) is 6.67. The fraction of sp³-hybridized carbons (Fsp3) is 0.367. The molecule has 7 nitrogen and oxygen atoms in total. The number of aromatic nitrogens is 1. The lowest BCUT2D eigenvalue weighted by molar-refractivity contribution is -0.180. The number of nitrogens with one attached hydrogen (secondary N) is 2. The van der Waals surface area contributed by atoms with E-state index >= 15 is 0 Å². The van der Waals surface area contributed by atoms with Gasteiger partial charge < -0.3 is 20.3 Å². The SMILES string of the molecule is C\C=N/C(=C\C(=C\CC)Nc1cc(Nc2c(F)cc(C#N)cc2Cl)c(C=C(C)CC)cn1)N1CC2(COC2)C1. The van der Waals surface area contributed by atoms with Gasteiger partial charge in [0.2, 0.25) is 0 Å². The summed E-state index contributed by atoms with van der Waals surface area (Å²) in [7, 11) is 0.